The Kier molecular flexibility index (Phi) is 5.79. The van der Waals surface area contributed by atoms with E-state index in [1.165, 1.54) is 38.6 Å². The molecule has 0 spiro atoms. The predicted octanol–water partition coefficient (Wildman–Crippen LogP) is 4.45. The number of hydrogen-bond donors (Lipinski definition) is 0. The minimum atomic E-state index is 0.492. The third-order valence-electron chi connectivity index (χ3n) is 4.73. The molecule has 0 saturated carbocycles. The van der Waals surface area contributed by atoms with Gasteiger partial charge in [0.25, 0.3) is 0 Å². The number of alkyl halides is 1. The molecule has 0 aromatic heterocycles. The molecular formula is C14H28BrN. The third-order valence-corrected chi connectivity index (χ3v) is 5.92. The van der Waals surface area contributed by atoms with Crippen molar-refractivity contribution < 1.29 is 0 Å². The van der Waals surface area contributed by atoms with E-state index in [1.807, 2.05) is 0 Å². The molecule has 1 heterocycles. The maximum Gasteiger partial charge on any atom is 0.01000 e. The summed E-state index contributed by atoms with van der Waals surface area (Å²) in [5.74, 6) is 0. The molecule has 1 nitrogen and oxygen atoms in total. The number of nitrogens with zero attached hydrogens (tertiary/aromatic N) is 1. The molecule has 0 aromatic rings. The number of halogens is 1. The van der Waals surface area contributed by atoms with Gasteiger partial charge in [0.05, 0.1) is 0 Å². The summed E-state index contributed by atoms with van der Waals surface area (Å²) in [6, 6.07) is 1.63. The van der Waals surface area contributed by atoms with Gasteiger partial charge in [-0.05, 0) is 44.4 Å². The predicted molar refractivity (Wildman–Crippen MR) is 76.3 cm³/mol. The zero-order valence-corrected chi connectivity index (χ0v) is 13.0. The average molecular weight is 290 g/mol. The van der Waals surface area contributed by atoms with Gasteiger partial charge in [-0.25, -0.2) is 0 Å². The van der Waals surface area contributed by atoms with Crippen LogP contribution >= 0.6 is 15.9 Å². The van der Waals surface area contributed by atoms with Gasteiger partial charge in [-0.2, -0.15) is 0 Å². The van der Waals surface area contributed by atoms with Crippen LogP contribution in [0.5, 0.6) is 0 Å². The van der Waals surface area contributed by atoms with Gasteiger partial charge in [-0.3, -0.25) is 4.90 Å². The van der Waals surface area contributed by atoms with E-state index in [2.05, 4.69) is 48.5 Å². The van der Waals surface area contributed by atoms with Crippen LogP contribution in [-0.4, -0.2) is 28.9 Å². The smallest absolute Gasteiger partial charge is 0.01000 e. The van der Waals surface area contributed by atoms with E-state index >= 15 is 0 Å². The van der Waals surface area contributed by atoms with E-state index in [4.69, 9.17) is 0 Å². The molecule has 1 saturated heterocycles. The Balaban J connectivity index is 2.69. The van der Waals surface area contributed by atoms with E-state index < -0.39 is 0 Å². The van der Waals surface area contributed by atoms with Gasteiger partial charge in [0.1, 0.15) is 0 Å². The summed E-state index contributed by atoms with van der Waals surface area (Å²) < 4.78 is 0. The van der Waals surface area contributed by atoms with E-state index in [-0.39, 0.29) is 0 Å². The van der Waals surface area contributed by atoms with Gasteiger partial charge in [-0.15, -0.1) is 0 Å². The summed E-state index contributed by atoms with van der Waals surface area (Å²) >= 11 is 3.74. The lowest BCUT2D eigenvalue weighted by molar-refractivity contribution is 0.115. The maximum atomic E-state index is 3.74. The quantitative estimate of drug-likeness (QED) is 0.653. The standard InChI is InChI=1S/C14H28BrN/c1-5-13-9-8-12(4)16(13)11-14(6-2,7-3)10-15/h12-13H,5-11H2,1-4H3. The fourth-order valence-electron chi connectivity index (χ4n) is 2.94. The molecule has 2 atom stereocenters. The van der Waals surface area contributed by atoms with Crippen molar-refractivity contribution in [3.63, 3.8) is 0 Å². The molecule has 1 aliphatic rings. The molecule has 96 valence electrons. The number of rotatable bonds is 6. The highest BCUT2D eigenvalue weighted by Gasteiger charge is 2.35. The number of hydrogen-bond acceptors (Lipinski definition) is 1. The highest BCUT2D eigenvalue weighted by atomic mass is 79.9. The lowest BCUT2D eigenvalue weighted by Gasteiger charge is -2.38. The fourth-order valence-corrected chi connectivity index (χ4v) is 3.91. The van der Waals surface area contributed by atoms with Crippen LogP contribution in [0.1, 0.15) is 59.8 Å². The highest BCUT2D eigenvalue weighted by Crippen LogP contribution is 2.35. The Morgan fingerprint density at radius 2 is 1.81 bits per heavy atom. The van der Waals surface area contributed by atoms with Crippen LogP contribution < -0.4 is 0 Å². The Morgan fingerprint density at radius 3 is 2.25 bits per heavy atom. The van der Waals surface area contributed by atoms with Gasteiger partial charge in [0, 0.05) is 24.0 Å². The molecule has 0 aliphatic carbocycles. The third kappa shape index (κ3) is 3.01. The van der Waals surface area contributed by atoms with Crippen molar-refractivity contribution in [1.29, 1.82) is 0 Å². The Labute approximate surface area is 110 Å². The molecule has 0 radical (unpaired) electrons. The molecule has 16 heavy (non-hydrogen) atoms. The van der Waals surface area contributed by atoms with Crippen LogP contribution in [-0.2, 0) is 0 Å². The van der Waals surface area contributed by atoms with Gasteiger partial charge >= 0.3 is 0 Å². The van der Waals surface area contributed by atoms with Gasteiger partial charge in [0.2, 0.25) is 0 Å². The van der Waals surface area contributed by atoms with Crippen molar-refractivity contribution in [2.75, 3.05) is 11.9 Å². The van der Waals surface area contributed by atoms with Gasteiger partial charge in [0.15, 0.2) is 0 Å². The normalized spacial score (nSPS) is 27.6. The monoisotopic (exact) mass is 289 g/mol. The zero-order chi connectivity index (χ0) is 12.2. The molecule has 0 aromatic carbocycles. The second-order valence-corrected chi connectivity index (χ2v) is 6.06. The minimum Gasteiger partial charge on any atom is -0.297 e. The molecule has 2 unspecified atom stereocenters. The van der Waals surface area contributed by atoms with Crippen molar-refractivity contribution in [2.45, 2.75) is 71.9 Å². The SMILES string of the molecule is CCC1CCC(C)N1CC(CC)(CC)CBr. The molecule has 1 fully saturated rings. The van der Waals surface area contributed by atoms with E-state index in [9.17, 15) is 0 Å². The van der Waals surface area contributed by atoms with Crippen molar-refractivity contribution >= 4 is 15.9 Å². The summed E-state index contributed by atoms with van der Waals surface area (Å²) in [6.07, 6.45) is 6.69. The van der Waals surface area contributed by atoms with Crippen molar-refractivity contribution in [2.24, 2.45) is 5.41 Å². The van der Waals surface area contributed by atoms with Gasteiger partial charge < -0.3 is 0 Å². The zero-order valence-electron chi connectivity index (χ0n) is 11.4. The van der Waals surface area contributed by atoms with Crippen LogP contribution in [0, 0.1) is 5.41 Å². The summed E-state index contributed by atoms with van der Waals surface area (Å²) in [4.78, 5) is 2.77. The minimum absolute atomic E-state index is 0.492. The Morgan fingerprint density at radius 1 is 1.19 bits per heavy atom. The summed E-state index contributed by atoms with van der Waals surface area (Å²) in [7, 11) is 0. The summed E-state index contributed by atoms with van der Waals surface area (Å²) in [5, 5.41) is 1.15. The van der Waals surface area contributed by atoms with Crippen molar-refractivity contribution in [3.05, 3.63) is 0 Å². The Bertz CT molecular complexity index is 193. The van der Waals surface area contributed by atoms with Gasteiger partial charge in [-0.1, -0.05) is 36.7 Å². The van der Waals surface area contributed by atoms with Crippen molar-refractivity contribution in [1.82, 2.24) is 4.90 Å². The molecule has 1 aliphatic heterocycles. The first kappa shape index (κ1) is 14.5. The van der Waals surface area contributed by atoms with Crippen molar-refractivity contribution in [3.8, 4) is 0 Å². The second kappa shape index (κ2) is 6.39. The van der Waals surface area contributed by atoms with Crippen LogP contribution in [0.25, 0.3) is 0 Å². The molecule has 1 rings (SSSR count). The molecule has 0 N–H and O–H groups in total. The first-order valence-corrected chi connectivity index (χ1v) is 8.06. The topological polar surface area (TPSA) is 3.24 Å². The van der Waals surface area contributed by atoms with E-state index in [0.29, 0.717) is 5.41 Å². The first-order chi connectivity index (χ1) is 7.62. The molecule has 0 amide bonds. The van der Waals surface area contributed by atoms with E-state index in [1.54, 1.807) is 0 Å². The largest absolute Gasteiger partial charge is 0.297 e. The fraction of sp³-hybridized carbons (Fsp3) is 1.00. The molecule has 0 bridgehead atoms. The summed E-state index contributed by atoms with van der Waals surface area (Å²) in [5.41, 5.74) is 0.492. The van der Waals surface area contributed by atoms with Crippen LogP contribution in [0.3, 0.4) is 0 Å². The molecular weight excluding hydrogens is 262 g/mol. The van der Waals surface area contributed by atoms with Crippen LogP contribution in [0.2, 0.25) is 0 Å². The van der Waals surface area contributed by atoms with Crippen LogP contribution in [0.4, 0.5) is 0 Å². The lowest BCUT2D eigenvalue weighted by Crippen LogP contribution is -2.43. The molecule has 2 heteroatoms. The van der Waals surface area contributed by atoms with E-state index in [0.717, 1.165) is 17.4 Å². The first-order valence-electron chi connectivity index (χ1n) is 6.94. The second-order valence-electron chi connectivity index (χ2n) is 5.50. The highest BCUT2D eigenvalue weighted by molar-refractivity contribution is 9.09. The van der Waals surface area contributed by atoms with Crippen LogP contribution in [0.15, 0.2) is 0 Å². The maximum absolute atomic E-state index is 3.74. The summed E-state index contributed by atoms with van der Waals surface area (Å²) in [6.45, 7) is 10.7. The lowest BCUT2D eigenvalue weighted by atomic mass is 9.83. The average Bonchev–Trinajstić information content (AvgIpc) is 2.67. The Hall–Kier alpha value is 0.440. The number of likely N-dealkylation sites (tertiary alicyclic amines) is 1.